The van der Waals surface area contributed by atoms with Crippen LogP contribution >= 0.6 is 0 Å². The second-order valence-electron chi connectivity index (χ2n) is 4.12. The minimum Gasteiger partial charge on any atom is -0.261 e. The first kappa shape index (κ1) is 10.9. The van der Waals surface area contributed by atoms with Gasteiger partial charge in [-0.15, -0.1) is 0 Å². The zero-order chi connectivity index (χ0) is 11.5. The highest BCUT2D eigenvalue weighted by atomic mass is 15.3. The van der Waals surface area contributed by atoms with Gasteiger partial charge in [0.25, 0.3) is 0 Å². The minimum absolute atomic E-state index is 0.358. The Hall–Kier alpha value is -1.64. The van der Waals surface area contributed by atoms with Gasteiger partial charge in [0.15, 0.2) is 0 Å². The highest BCUT2D eigenvalue weighted by molar-refractivity contribution is 5.58. The van der Waals surface area contributed by atoms with Crippen LogP contribution in [0.15, 0.2) is 30.6 Å². The van der Waals surface area contributed by atoms with E-state index in [1.165, 1.54) is 5.56 Å². The molecule has 0 aromatic carbocycles. The average Bonchev–Trinajstić information content (AvgIpc) is 2.77. The van der Waals surface area contributed by atoms with Crippen LogP contribution in [0.5, 0.6) is 0 Å². The van der Waals surface area contributed by atoms with E-state index in [2.05, 4.69) is 36.9 Å². The fraction of sp³-hybridized carbons (Fsp3) is 0.385. The van der Waals surface area contributed by atoms with Crippen LogP contribution < -0.4 is 0 Å². The number of rotatable bonds is 3. The van der Waals surface area contributed by atoms with Crippen LogP contribution in [0.4, 0.5) is 0 Å². The van der Waals surface area contributed by atoms with Gasteiger partial charge < -0.3 is 0 Å². The lowest BCUT2D eigenvalue weighted by atomic mass is 10.1. The largest absolute Gasteiger partial charge is 0.261 e. The Morgan fingerprint density at radius 1 is 1.25 bits per heavy atom. The van der Waals surface area contributed by atoms with E-state index in [9.17, 15) is 0 Å². The average molecular weight is 215 g/mol. The van der Waals surface area contributed by atoms with Crippen LogP contribution in [0, 0.1) is 0 Å². The summed E-state index contributed by atoms with van der Waals surface area (Å²) in [6.07, 6.45) is 4.67. The lowest BCUT2D eigenvalue weighted by molar-refractivity contribution is 0.537. The molecule has 0 saturated heterocycles. The molecule has 0 amide bonds. The van der Waals surface area contributed by atoms with Crippen molar-refractivity contribution in [2.45, 2.75) is 33.2 Å². The molecule has 2 aromatic rings. The quantitative estimate of drug-likeness (QED) is 0.787. The maximum Gasteiger partial charge on any atom is 0.0914 e. The zero-order valence-corrected chi connectivity index (χ0v) is 10.0. The maximum atomic E-state index is 4.47. The summed E-state index contributed by atoms with van der Waals surface area (Å²) in [5.74, 6) is 0. The molecule has 3 nitrogen and oxygen atoms in total. The summed E-state index contributed by atoms with van der Waals surface area (Å²) in [6.45, 7) is 6.41. The number of aryl methyl sites for hydroxylation is 1. The summed E-state index contributed by atoms with van der Waals surface area (Å²) in [7, 11) is 0. The molecule has 0 radical (unpaired) electrons. The first-order valence-corrected chi connectivity index (χ1v) is 5.71. The molecule has 2 heterocycles. The molecule has 0 fully saturated rings. The summed E-state index contributed by atoms with van der Waals surface area (Å²) in [5, 5.41) is 4.34. The van der Waals surface area contributed by atoms with Crippen LogP contribution in [0.1, 0.15) is 32.4 Å². The van der Waals surface area contributed by atoms with E-state index in [1.54, 1.807) is 0 Å². The first-order valence-electron chi connectivity index (χ1n) is 5.71. The van der Waals surface area contributed by atoms with Crippen molar-refractivity contribution >= 4 is 0 Å². The Morgan fingerprint density at radius 2 is 2.06 bits per heavy atom. The Morgan fingerprint density at radius 3 is 2.75 bits per heavy atom. The number of hydrogen-bond donors (Lipinski definition) is 0. The maximum absolute atomic E-state index is 4.47. The first-order chi connectivity index (χ1) is 7.74. The Bertz CT molecular complexity index is 472. The third kappa shape index (κ3) is 1.85. The number of hydrogen-bond acceptors (Lipinski definition) is 2. The molecule has 0 aliphatic rings. The zero-order valence-electron chi connectivity index (χ0n) is 10.0. The van der Waals surface area contributed by atoms with Gasteiger partial charge in [0.2, 0.25) is 0 Å². The predicted octanol–water partition coefficient (Wildman–Crippen LogP) is 3.09. The highest BCUT2D eigenvalue weighted by Gasteiger charge is 2.11. The van der Waals surface area contributed by atoms with E-state index in [0.29, 0.717) is 6.04 Å². The van der Waals surface area contributed by atoms with Gasteiger partial charge in [-0.2, -0.15) is 5.10 Å². The minimum atomic E-state index is 0.358. The Labute approximate surface area is 96.1 Å². The Kier molecular flexibility index (Phi) is 3.04. The van der Waals surface area contributed by atoms with E-state index in [0.717, 1.165) is 17.8 Å². The van der Waals surface area contributed by atoms with Crippen molar-refractivity contribution in [2.24, 2.45) is 0 Å². The lowest BCUT2D eigenvalue weighted by Crippen LogP contribution is -2.06. The molecule has 2 aromatic heterocycles. The van der Waals surface area contributed by atoms with E-state index in [-0.39, 0.29) is 0 Å². The molecular weight excluding hydrogens is 198 g/mol. The summed E-state index contributed by atoms with van der Waals surface area (Å²) < 4.78 is 2.02. The van der Waals surface area contributed by atoms with Gasteiger partial charge in [-0.25, -0.2) is 0 Å². The lowest BCUT2D eigenvalue weighted by Gasteiger charge is -2.12. The second kappa shape index (κ2) is 4.47. The Balaban J connectivity index is 2.54. The van der Waals surface area contributed by atoms with E-state index in [4.69, 9.17) is 0 Å². The van der Waals surface area contributed by atoms with Gasteiger partial charge in [-0.3, -0.25) is 9.67 Å². The van der Waals surface area contributed by atoms with Crippen molar-refractivity contribution < 1.29 is 0 Å². The van der Waals surface area contributed by atoms with Crippen molar-refractivity contribution in [2.75, 3.05) is 0 Å². The van der Waals surface area contributed by atoms with E-state index < -0.39 is 0 Å². The number of nitrogens with zero attached hydrogens (tertiary/aromatic N) is 3. The number of pyridine rings is 1. The van der Waals surface area contributed by atoms with Crippen LogP contribution in [0.2, 0.25) is 0 Å². The summed E-state index contributed by atoms with van der Waals surface area (Å²) >= 11 is 0. The van der Waals surface area contributed by atoms with Crippen molar-refractivity contribution in [3.63, 3.8) is 0 Å². The van der Waals surface area contributed by atoms with Crippen molar-refractivity contribution in [1.82, 2.24) is 14.8 Å². The monoisotopic (exact) mass is 215 g/mol. The third-order valence-electron chi connectivity index (χ3n) is 2.67. The van der Waals surface area contributed by atoms with Crippen molar-refractivity contribution in [3.05, 3.63) is 36.2 Å². The molecule has 0 unspecified atom stereocenters. The van der Waals surface area contributed by atoms with Gasteiger partial charge >= 0.3 is 0 Å². The van der Waals surface area contributed by atoms with Gasteiger partial charge in [-0.1, -0.05) is 13.0 Å². The van der Waals surface area contributed by atoms with Gasteiger partial charge in [0.1, 0.15) is 0 Å². The van der Waals surface area contributed by atoms with Gasteiger partial charge in [-0.05, 0) is 38.0 Å². The molecule has 0 aliphatic carbocycles. The van der Waals surface area contributed by atoms with Gasteiger partial charge in [0.05, 0.1) is 11.4 Å². The molecular formula is C13H17N3. The van der Waals surface area contributed by atoms with Crippen molar-refractivity contribution in [3.8, 4) is 11.4 Å². The molecule has 0 aliphatic heterocycles. The molecule has 3 heteroatoms. The van der Waals surface area contributed by atoms with Crippen LogP contribution in [-0.2, 0) is 6.42 Å². The SMILES string of the molecule is CCc1cccnc1-c1ccnn1C(C)C. The van der Waals surface area contributed by atoms with Crippen LogP contribution in [0.3, 0.4) is 0 Å². The van der Waals surface area contributed by atoms with Crippen molar-refractivity contribution in [1.29, 1.82) is 0 Å². The number of aromatic nitrogens is 3. The smallest absolute Gasteiger partial charge is 0.0914 e. The molecule has 2 rings (SSSR count). The molecule has 0 spiro atoms. The molecule has 16 heavy (non-hydrogen) atoms. The summed E-state index contributed by atoms with van der Waals surface area (Å²) in [6, 6.07) is 6.50. The molecule has 0 N–H and O–H groups in total. The summed E-state index contributed by atoms with van der Waals surface area (Å²) in [5.41, 5.74) is 3.42. The van der Waals surface area contributed by atoms with Gasteiger partial charge in [0, 0.05) is 18.4 Å². The van der Waals surface area contributed by atoms with E-state index in [1.807, 2.05) is 29.2 Å². The fourth-order valence-electron chi connectivity index (χ4n) is 1.87. The normalized spacial score (nSPS) is 11.0. The van der Waals surface area contributed by atoms with Crippen LogP contribution in [-0.4, -0.2) is 14.8 Å². The molecule has 84 valence electrons. The molecule has 0 atom stereocenters. The van der Waals surface area contributed by atoms with E-state index >= 15 is 0 Å². The highest BCUT2D eigenvalue weighted by Crippen LogP contribution is 2.23. The fourth-order valence-corrected chi connectivity index (χ4v) is 1.87. The summed E-state index contributed by atoms with van der Waals surface area (Å²) in [4.78, 5) is 4.47. The molecule has 0 saturated carbocycles. The molecule has 0 bridgehead atoms. The van der Waals surface area contributed by atoms with Crippen LogP contribution in [0.25, 0.3) is 11.4 Å². The predicted molar refractivity (Wildman–Crippen MR) is 65.2 cm³/mol. The third-order valence-corrected chi connectivity index (χ3v) is 2.67. The topological polar surface area (TPSA) is 30.7 Å². The standard InChI is InChI=1S/C13H17N3/c1-4-11-6-5-8-14-13(11)12-7-9-15-16(12)10(2)3/h5-10H,4H2,1-3H3. The second-order valence-corrected chi connectivity index (χ2v) is 4.12.